The Bertz CT molecular complexity index is 582. The number of H-pyrrole nitrogens is 1. The Balaban J connectivity index is 1.67. The van der Waals surface area contributed by atoms with E-state index in [0.29, 0.717) is 25.3 Å². The van der Waals surface area contributed by atoms with Gasteiger partial charge < -0.3 is 9.64 Å². The van der Waals surface area contributed by atoms with Crippen LogP contribution in [0.25, 0.3) is 0 Å². The normalized spacial score (nSPS) is 24.5. The molecule has 0 radical (unpaired) electrons. The minimum atomic E-state index is -0.568. The Hall–Kier alpha value is -2.19. The van der Waals surface area contributed by atoms with Crippen molar-refractivity contribution in [1.29, 1.82) is 0 Å². The quantitative estimate of drug-likeness (QED) is 0.866. The highest BCUT2D eigenvalue weighted by Gasteiger charge is 2.44. The summed E-state index contributed by atoms with van der Waals surface area (Å²) in [5, 5.41) is 14.0. The van der Waals surface area contributed by atoms with Crippen molar-refractivity contribution >= 4 is 12.0 Å². The Kier molecular flexibility index (Phi) is 3.95. The van der Waals surface area contributed by atoms with Gasteiger partial charge >= 0.3 is 6.09 Å². The first-order valence-corrected chi connectivity index (χ1v) is 7.90. The third-order valence-electron chi connectivity index (χ3n) is 4.13. The van der Waals surface area contributed by atoms with Crippen LogP contribution in [0.1, 0.15) is 51.9 Å². The van der Waals surface area contributed by atoms with Crippen molar-refractivity contribution in [3.8, 4) is 0 Å². The van der Waals surface area contributed by atoms with Gasteiger partial charge in [-0.15, -0.1) is 10.2 Å². The van der Waals surface area contributed by atoms with Gasteiger partial charge in [0, 0.05) is 13.1 Å². The zero-order valence-electron chi connectivity index (χ0n) is 13.7. The molecule has 2 saturated heterocycles. The van der Waals surface area contributed by atoms with E-state index >= 15 is 0 Å². The molecule has 2 aliphatic rings. The molecule has 1 aromatic rings. The smallest absolute Gasteiger partial charge is 0.410 e. The van der Waals surface area contributed by atoms with Gasteiger partial charge in [0.05, 0.1) is 6.04 Å². The molecule has 9 heteroatoms. The Labute approximate surface area is 134 Å². The lowest BCUT2D eigenvalue weighted by molar-refractivity contribution is -0.142. The fourth-order valence-corrected chi connectivity index (χ4v) is 2.98. The van der Waals surface area contributed by atoms with Gasteiger partial charge in [-0.25, -0.2) is 4.79 Å². The van der Waals surface area contributed by atoms with Gasteiger partial charge in [0.15, 0.2) is 5.82 Å². The number of nitrogens with zero attached hydrogens (tertiary/aromatic N) is 5. The van der Waals surface area contributed by atoms with E-state index in [4.69, 9.17) is 4.74 Å². The van der Waals surface area contributed by atoms with Gasteiger partial charge in [-0.1, -0.05) is 5.21 Å². The number of likely N-dealkylation sites (tertiary alicyclic amines) is 2. The number of rotatable bonds is 2. The SMILES string of the molecule is CC(C)(C)OC(=O)N1CC[C@@H]1C(=O)N1CCCC1c1nn[nH]n1. The van der Waals surface area contributed by atoms with Crippen molar-refractivity contribution in [2.45, 2.75) is 57.7 Å². The molecule has 2 aliphatic heterocycles. The minimum absolute atomic E-state index is 0.0607. The summed E-state index contributed by atoms with van der Waals surface area (Å²) in [7, 11) is 0. The van der Waals surface area contributed by atoms with E-state index in [9.17, 15) is 9.59 Å². The largest absolute Gasteiger partial charge is 0.444 e. The van der Waals surface area contributed by atoms with E-state index in [1.54, 1.807) is 4.90 Å². The van der Waals surface area contributed by atoms with Crippen molar-refractivity contribution in [3.63, 3.8) is 0 Å². The molecule has 1 N–H and O–H groups in total. The standard InChI is InChI=1S/C14H22N6O3/c1-14(2,3)23-13(22)20-8-6-10(20)12(21)19-7-4-5-9(19)11-15-17-18-16-11/h9-10H,4-8H2,1-3H3,(H,15,16,17,18)/t9?,10-/m1/s1. The van der Waals surface area contributed by atoms with Crippen molar-refractivity contribution in [3.05, 3.63) is 5.82 Å². The minimum Gasteiger partial charge on any atom is -0.444 e. The molecule has 0 aromatic carbocycles. The molecule has 23 heavy (non-hydrogen) atoms. The molecule has 0 aliphatic carbocycles. The number of hydrogen-bond acceptors (Lipinski definition) is 6. The second kappa shape index (κ2) is 5.78. The number of carbonyl (C=O) groups excluding carboxylic acids is 2. The monoisotopic (exact) mass is 322 g/mol. The maximum absolute atomic E-state index is 12.8. The first-order chi connectivity index (χ1) is 10.9. The molecule has 0 bridgehead atoms. The topological polar surface area (TPSA) is 104 Å². The summed E-state index contributed by atoms with van der Waals surface area (Å²) in [5.74, 6) is 0.466. The van der Waals surface area contributed by atoms with Gasteiger partial charge in [0.2, 0.25) is 5.91 Å². The van der Waals surface area contributed by atoms with Crippen LogP contribution in [-0.4, -0.2) is 67.2 Å². The van der Waals surface area contributed by atoms with Crippen LogP contribution in [-0.2, 0) is 9.53 Å². The molecule has 2 fully saturated rings. The molecule has 0 spiro atoms. The van der Waals surface area contributed by atoms with Crippen molar-refractivity contribution in [1.82, 2.24) is 30.4 Å². The number of carbonyl (C=O) groups is 2. The predicted octanol–water partition coefficient (Wildman–Crippen LogP) is 0.873. The number of amides is 2. The maximum Gasteiger partial charge on any atom is 0.410 e. The second-order valence-corrected chi connectivity index (χ2v) is 6.94. The Morgan fingerprint density at radius 2 is 2.00 bits per heavy atom. The highest BCUT2D eigenvalue weighted by Crippen LogP contribution is 2.32. The number of nitrogens with one attached hydrogen (secondary N) is 1. The average molecular weight is 322 g/mol. The van der Waals surface area contributed by atoms with Crippen molar-refractivity contribution in [2.24, 2.45) is 0 Å². The third-order valence-corrected chi connectivity index (χ3v) is 4.13. The number of tetrazole rings is 1. The van der Waals surface area contributed by atoms with Crippen LogP contribution in [0.4, 0.5) is 4.79 Å². The van der Waals surface area contributed by atoms with E-state index in [2.05, 4.69) is 20.6 Å². The summed E-state index contributed by atoms with van der Waals surface area (Å²) < 4.78 is 5.36. The first-order valence-electron chi connectivity index (χ1n) is 7.90. The van der Waals surface area contributed by atoms with Gasteiger partial charge in [0.25, 0.3) is 0 Å². The average Bonchev–Trinajstić information content (AvgIpc) is 3.06. The Morgan fingerprint density at radius 3 is 2.57 bits per heavy atom. The van der Waals surface area contributed by atoms with Gasteiger partial charge in [-0.05, 0) is 40.0 Å². The summed E-state index contributed by atoms with van der Waals surface area (Å²) in [6.07, 6.45) is 1.93. The van der Waals surface area contributed by atoms with Crippen LogP contribution in [0.2, 0.25) is 0 Å². The molecule has 126 valence electrons. The van der Waals surface area contributed by atoms with Gasteiger partial charge in [-0.2, -0.15) is 5.21 Å². The van der Waals surface area contributed by atoms with Crippen LogP contribution in [0.5, 0.6) is 0 Å². The fourth-order valence-electron chi connectivity index (χ4n) is 2.98. The molecule has 2 amide bonds. The molecular weight excluding hydrogens is 300 g/mol. The Morgan fingerprint density at radius 1 is 1.22 bits per heavy atom. The molecule has 1 unspecified atom stereocenters. The van der Waals surface area contributed by atoms with E-state index < -0.39 is 17.7 Å². The van der Waals surface area contributed by atoms with Crippen LogP contribution in [0.15, 0.2) is 0 Å². The lowest BCUT2D eigenvalue weighted by atomic mass is 10.0. The lowest BCUT2D eigenvalue weighted by Crippen LogP contribution is -2.59. The number of aromatic nitrogens is 4. The summed E-state index contributed by atoms with van der Waals surface area (Å²) in [6, 6.07) is -0.611. The highest BCUT2D eigenvalue weighted by molar-refractivity contribution is 5.87. The van der Waals surface area contributed by atoms with Crippen LogP contribution < -0.4 is 0 Å². The van der Waals surface area contributed by atoms with E-state index in [-0.39, 0.29) is 11.9 Å². The predicted molar refractivity (Wildman–Crippen MR) is 79.2 cm³/mol. The number of ether oxygens (including phenoxy) is 1. The zero-order chi connectivity index (χ0) is 16.6. The van der Waals surface area contributed by atoms with Crippen molar-refractivity contribution < 1.29 is 14.3 Å². The van der Waals surface area contributed by atoms with Gasteiger partial charge in [-0.3, -0.25) is 9.69 Å². The van der Waals surface area contributed by atoms with Crippen molar-refractivity contribution in [2.75, 3.05) is 13.1 Å². The van der Waals surface area contributed by atoms with Crippen LogP contribution in [0.3, 0.4) is 0 Å². The second-order valence-electron chi connectivity index (χ2n) is 6.94. The van der Waals surface area contributed by atoms with E-state index in [0.717, 1.165) is 12.8 Å². The van der Waals surface area contributed by atoms with E-state index in [1.165, 1.54) is 4.90 Å². The summed E-state index contributed by atoms with van der Waals surface area (Å²) in [6.45, 7) is 6.64. The maximum atomic E-state index is 12.8. The van der Waals surface area contributed by atoms with E-state index in [1.807, 2.05) is 20.8 Å². The zero-order valence-corrected chi connectivity index (χ0v) is 13.7. The van der Waals surface area contributed by atoms with Gasteiger partial charge in [0.1, 0.15) is 11.6 Å². The lowest BCUT2D eigenvalue weighted by Gasteiger charge is -2.42. The molecule has 3 rings (SSSR count). The first kappa shape index (κ1) is 15.7. The molecule has 2 atom stereocenters. The highest BCUT2D eigenvalue weighted by atomic mass is 16.6. The summed E-state index contributed by atoms with van der Waals surface area (Å²) in [4.78, 5) is 28.2. The summed E-state index contributed by atoms with van der Waals surface area (Å²) >= 11 is 0. The summed E-state index contributed by atoms with van der Waals surface area (Å²) in [5.41, 5.74) is -0.568. The molecule has 0 saturated carbocycles. The van der Waals surface area contributed by atoms with Crippen LogP contribution >= 0.6 is 0 Å². The molecular formula is C14H22N6O3. The van der Waals surface area contributed by atoms with Crippen LogP contribution in [0, 0.1) is 0 Å². The number of aromatic amines is 1. The molecule has 3 heterocycles. The molecule has 9 nitrogen and oxygen atoms in total. The third kappa shape index (κ3) is 3.13. The number of hydrogen-bond donors (Lipinski definition) is 1. The molecule has 1 aromatic heterocycles. The fraction of sp³-hybridized carbons (Fsp3) is 0.786.